The lowest BCUT2D eigenvalue weighted by molar-refractivity contribution is 0.437. The smallest absolute Gasteiger partial charge is 0.279 e. The zero-order chi connectivity index (χ0) is 13.5. The van der Waals surface area contributed by atoms with E-state index in [1.165, 1.54) is 0 Å². The van der Waals surface area contributed by atoms with Crippen LogP contribution >= 0.6 is 0 Å². The third-order valence-corrected chi connectivity index (χ3v) is 3.91. The van der Waals surface area contributed by atoms with Crippen molar-refractivity contribution in [2.75, 3.05) is 0 Å². The fourth-order valence-electron chi connectivity index (χ4n) is 2.81. The maximum absolute atomic E-state index is 12.3. The average Bonchev–Trinajstić information content (AvgIpc) is 3.00. The molecule has 0 atom stereocenters. The number of H-pyrrole nitrogens is 1. The van der Waals surface area contributed by atoms with Crippen molar-refractivity contribution in [3.8, 4) is 0 Å². The second kappa shape index (κ2) is 4.45. The maximum atomic E-state index is 12.3. The fraction of sp³-hybridized carbons (Fsp3) is 0.615. The summed E-state index contributed by atoms with van der Waals surface area (Å²) in [5, 5.41) is 0. The van der Waals surface area contributed by atoms with Crippen LogP contribution in [0.2, 0.25) is 0 Å². The van der Waals surface area contributed by atoms with Gasteiger partial charge >= 0.3 is 0 Å². The van der Waals surface area contributed by atoms with Crippen molar-refractivity contribution >= 4 is 11.2 Å². The molecule has 102 valence electrons. The van der Waals surface area contributed by atoms with Gasteiger partial charge in [-0.05, 0) is 19.3 Å². The molecule has 1 aliphatic rings. The zero-order valence-corrected chi connectivity index (χ0v) is 11.1. The summed E-state index contributed by atoms with van der Waals surface area (Å²) in [7, 11) is 0. The van der Waals surface area contributed by atoms with Crippen LogP contribution in [-0.2, 0) is 12.1 Å². The molecule has 0 radical (unpaired) electrons. The van der Waals surface area contributed by atoms with E-state index in [2.05, 4.69) is 15.0 Å². The Bertz CT molecular complexity index is 651. The maximum Gasteiger partial charge on any atom is 0.279 e. The van der Waals surface area contributed by atoms with Crippen molar-refractivity contribution in [3.63, 3.8) is 0 Å². The quantitative estimate of drug-likeness (QED) is 0.870. The van der Waals surface area contributed by atoms with E-state index in [1.54, 1.807) is 10.9 Å². The van der Waals surface area contributed by atoms with Crippen LogP contribution in [-0.4, -0.2) is 19.5 Å². The van der Waals surface area contributed by atoms with Crippen molar-refractivity contribution in [1.29, 1.82) is 0 Å². The third-order valence-electron chi connectivity index (χ3n) is 3.91. The summed E-state index contributed by atoms with van der Waals surface area (Å²) in [5.41, 5.74) is 6.83. The van der Waals surface area contributed by atoms with Gasteiger partial charge in [0.1, 0.15) is 12.2 Å². The van der Waals surface area contributed by atoms with Crippen LogP contribution in [0.4, 0.5) is 0 Å². The third kappa shape index (κ3) is 1.96. The number of hydrogen-bond donors (Lipinski definition) is 2. The molecule has 3 rings (SSSR count). The van der Waals surface area contributed by atoms with Gasteiger partial charge in [-0.2, -0.15) is 0 Å². The number of aromatic nitrogens is 4. The molecule has 0 aromatic carbocycles. The van der Waals surface area contributed by atoms with E-state index < -0.39 is 5.54 Å². The Labute approximate surface area is 111 Å². The van der Waals surface area contributed by atoms with Crippen LogP contribution in [0.25, 0.3) is 11.2 Å². The molecular weight excluding hydrogens is 242 g/mol. The van der Waals surface area contributed by atoms with Gasteiger partial charge in [-0.1, -0.05) is 19.8 Å². The SMILES string of the molecule is CCCn1cnc2nc(C3(N)CCCC3)[nH]c2c1=O. The summed E-state index contributed by atoms with van der Waals surface area (Å²) >= 11 is 0. The predicted octanol–water partition coefficient (Wildman–Crippen LogP) is 1.26. The lowest BCUT2D eigenvalue weighted by Crippen LogP contribution is -2.34. The number of nitrogens with zero attached hydrogens (tertiary/aromatic N) is 3. The van der Waals surface area contributed by atoms with Crippen molar-refractivity contribution < 1.29 is 0 Å². The molecule has 1 fully saturated rings. The summed E-state index contributed by atoms with van der Waals surface area (Å²) in [5.74, 6) is 0.707. The van der Waals surface area contributed by atoms with Crippen LogP contribution in [0, 0.1) is 0 Å². The predicted molar refractivity (Wildman–Crippen MR) is 72.8 cm³/mol. The van der Waals surface area contributed by atoms with Crippen LogP contribution in [0.5, 0.6) is 0 Å². The molecule has 0 bridgehead atoms. The summed E-state index contributed by atoms with van der Waals surface area (Å²) in [6.07, 6.45) is 6.51. The Kier molecular flexibility index (Phi) is 2.89. The summed E-state index contributed by atoms with van der Waals surface area (Å²) in [4.78, 5) is 24.0. The van der Waals surface area contributed by atoms with Gasteiger partial charge in [-0.25, -0.2) is 9.97 Å². The fourth-order valence-corrected chi connectivity index (χ4v) is 2.81. The second-order valence-electron chi connectivity index (χ2n) is 5.39. The van der Waals surface area contributed by atoms with Crippen LogP contribution in [0.3, 0.4) is 0 Å². The van der Waals surface area contributed by atoms with E-state index in [1.807, 2.05) is 6.92 Å². The highest BCUT2D eigenvalue weighted by atomic mass is 16.1. The second-order valence-corrected chi connectivity index (χ2v) is 5.39. The zero-order valence-electron chi connectivity index (χ0n) is 11.1. The summed E-state index contributed by atoms with van der Waals surface area (Å²) in [6.45, 7) is 2.70. The Morgan fingerprint density at radius 3 is 2.89 bits per heavy atom. The monoisotopic (exact) mass is 261 g/mol. The molecule has 0 spiro atoms. The number of aromatic amines is 1. The topological polar surface area (TPSA) is 89.6 Å². The van der Waals surface area contributed by atoms with Crippen LogP contribution < -0.4 is 11.3 Å². The molecule has 6 nitrogen and oxygen atoms in total. The minimum atomic E-state index is -0.414. The normalized spacial score (nSPS) is 18.2. The number of nitrogens with two attached hydrogens (primary N) is 1. The molecular formula is C13H19N5O. The highest BCUT2D eigenvalue weighted by Gasteiger charge is 2.34. The first-order valence-corrected chi connectivity index (χ1v) is 6.88. The van der Waals surface area contributed by atoms with E-state index >= 15 is 0 Å². The van der Waals surface area contributed by atoms with E-state index in [0.717, 1.165) is 32.1 Å². The van der Waals surface area contributed by atoms with E-state index in [-0.39, 0.29) is 5.56 Å². The molecule has 0 amide bonds. The number of nitrogens with one attached hydrogen (secondary N) is 1. The summed E-state index contributed by atoms with van der Waals surface area (Å²) < 4.78 is 1.61. The molecule has 2 aromatic heterocycles. The minimum absolute atomic E-state index is 0.0628. The number of rotatable bonds is 3. The standard InChI is InChI=1S/C13H19N5O/c1-2-7-18-8-15-10-9(11(18)19)16-12(17-10)13(14)5-3-4-6-13/h8H,2-7,14H2,1H3,(H,16,17). The number of fused-ring (bicyclic) bond motifs is 1. The van der Waals surface area contributed by atoms with E-state index in [0.29, 0.717) is 23.5 Å². The van der Waals surface area contributed by atoms with Gasteiger partial charge < -0.3 is 10.7 Å². The Balaban J connectivity index is 2.11. The highest BCUT2D eigenvalue weighted by molar-refractivity contribution is 5.69. The van der Waals surface area contributed by atoms with Crippen molar-refractivity contribution in [3.05, 3.63) is 22.5 Å². The molecule has 0 aliphatic heterocycles. The van der Waals surface area contributed by atoms with Crippen molar-refractivity contribution in [2.45, 2.75) is 51.1 Å². The first-order chi connectivity index (χ1) is 9.14. The lowest BCUT2D eigenvalue weighted by Gasteiger charge is -2.19. The van der Waals surface area contributed by atoms with Crippen LogP contribution in [0.15, 0.2) is 11.1 Å². The van der Waals surface area contributed by atoms with Gasteiger partial charge in [0.2, 0.25) is 0 Å². The van der Waals surface area contributed by atoms with Crippen LogP contribution in [0.1, 0.15) is 44.9 Å². The lowest BCUT2D eigenvalue weighted by atomic mass is 9.99. The molecule has 1 aliphatic carbocycles. The average molecular weight is 261 g/mol. The Morgan fingerprint density at radius 1 is 1.47 bits per heavy atom. The van der Waals surface area contributed by atoms with E-state index in [4.69, 9.17) is 5.73 Å². The molecule has 2 aromatic rings. The number of imidazole rings is 1. The number of hydrogen-bond acceptors (Lipinski definition) is 4. The highest BCUT2D eigenvalue weighted by Crippen LogP contribution is 2.34. The van der Waals surface area contributed by atoms with Gasteiger partial charge in [0.25, 0.3) is 5.56 Å². The van der Waals surface area contributed by atoms with E-state index in [9.17, 15) is 4.79 Å². The van der Waals surface area contributed by atoms with Crippen molar-refractivity contribution in [1.82, 2.24) is 19.5 Å². The number of aryl methyl sites for hydroxylation is 1. The molecule has 0 saturated heterocycles. The first kappa shape index (κ1) is 12.3. The Morgan fingerprint density at radius 2 is 2.21 bits per heavy atom. The molecule has 19 heavy (non-hydrogen) atoms. The summed E-state index contributed by atoms with van der Waals surface area (Å²) in [6, 6.07) is 0. The first-order valence-electron chi connectivity index (χ1n) is 6.88. The largest absolute Gasteiger partial charge is 0.334 e. The van der Waals surface area contributed by atoms with Gasteiger partial charge in [-0.15, -0.1) is 0 Å². The molecule has 0 unspecified atom stereocenters. The van der Waals surface area contributed by atoms with Gasteiger partial charge in [-0.3, -0.25) is 9.36 Å². The molecule has 3 N–H and O–H groups in total. The van der Waals surface area contributed by atoms with Gasteiger partial charge in [0, 0.05) is 6.54 Å². The van der Waals surface area contributed by atoms with Gasteiger partial charge in [0.05, 0.1) is 5.54 Å². The molecule has 2 heterocycles. The van der Waals surface area contributed by atoms with Crippen molar-refractivity contribution in [2.24, 2.45) is 5.73 Å². The molecule has 6 heteroatoms. The Hall–Kier alpha value is -1.69. The van der Waals surface area contributed by atoms with Gasteiger partial charge in [0.15, 0.2) is 11.2 Å². The minimum Gasteiger partial charge on any atom is -0.334 e. The molecule has 1 saturated carbocycles.